The van der Waals surface area contributed by atoms with Crippen molar-refractivity contribution in [2.45, 2.75) is 37.3 Å². The topological polar surface area (TPSA) is 63.2 Å². The van der Waals surface area contributed by atoms with E-state index in [1.165, 1.54) is 0 Å². The molecule has 0 N–H and O–H groups in total. The SMILES string of the molecule is O=C1OCC/C1=C\[C@@H]1O[C@H](c2ccccc2)O[C@@H]2CO[C@@H](c3ccccc3)O[C@@H]12. The van der Waals surface area contributed by atoms with Gasteiger partial charge in [-0.3, -0.25) is 0 Å². The molecule has 5 atom stereocenters. The number of cyclic esters (lactones) is 1. The minimum atomic E-state index is -0.558. The molecule has 0 aliphatic carbocycles. The average Bonchev–Trinajstić information content (AvgIpc) is 3.19. The molecule has 0 unspecified atom stereocenters. The Labute approximate surface area is 169 Å². The number of benzene rings is 2. The largest absolute Gasteiger partial charge is 0.462 e. The van der Waals surface area contributed by atoms with Gasteiger partial charge in [0.05, 0.1) is 13.2 Å². The van der Waals surface area contributed by atoms with Gasteiger partial charge in [0, 0.05) is 23.1 Å². The van der Waals surface area contributed by atoms with E-state index in [2.05, 4.69) is 0 Å². The van der Waals surface area contributed by atoms with Crippen molar-refractivity contribution in [2.24, 2.45) is 0 Å². The summed E-state index contributed by atoms with van der Waals surface area (Å²) < 4.78 is 29.7. The van der Waals surface area contributed by atoms with Gasteiger partial charge < -0.3 is 23.7 Å². The first-order valence-electron chi connectivity index (χ1n) is 9.83. The van der Waals surface area contributed by atoms with E-state index >= 15 is 0 Å². The van der Waals surface area contributed by atoms with Crippen molar-refractivity contribution in [3.63, 3.8) is 0 Å². The molecule has 150 valence electrons. The molecule has 0 radical (unpaired) electrons. The van der Waals surface area contributed by atoms with Gasteiger partial charge in [0.2, 0.25) is 0 Å². The molecular weight excluding hydrogens is 372 g/mol. The molecule has 2 aromatic carbocycles. The molecule has 29 heavy (non-hydrogen) atoms. The van der Waals surface area contributed by atoms with Crippen molar-refractivity contribution in [3.05, 3.63) is 83.4 Å². The maximum atomic E-state index is 12.0. The van der Waals surface area contributed by atoms with Gasteiger partial charge in [-0.2, -0.15) is 0 Å². The van der Waals surface area contributed by atoms with Crippen LogP contribution in [0.3, 0.4) is 0 Å². The van der Waals surface area contributed by atoms with Crippen molar-refractivity contribution in [1.82, 2.24) is 0 Å². The van der Waals surface area contributed by atoms with Crippen LogP contribution >= 0.6 is 0 Å². The number of hydrogen-bond donors (Lipinski definition) is 0. The van der Waals surface area contributed by atoms with Crippen LogP contribution in [0.1, 0.15) is 30.1 Å². The second kappa shape index (κ2) is 8.08. The molecule has 3 aliphatic heterocycles. The lowest BCUT2D eigenvalue weighted by Gasteiger charge is -2.45. The molecule has 3 heterocycles. The van der Waals surface area contributed by atoms with Gasteiger partial charge in [-0.15, -0.1) is 0 Å². The van der Waals surface area contributed by atoms with Crippen LogP contribution in [0.4, 0.5) is 0 Å². The first-order chi connectivity index (χ1) is 14.3. The van der Waals surface area contributed by atoms with E-state index in [-0.39, 0.29) is 12.1 Å². The first kappa shape index (κ1) is 18.5. The second-order valence-corrected chi connectivity index (χ2v) is 7.27. The quantitative estimate of drug-likeness (QED) is 0.587. The predicted molar refractivity (Wildman–Crippen MR) is 103 cm³/mol. The number of rotatable bonds is 3. The lowest BCUT2D eigenvalue weighted by Crippen LogP contribution is -2.53. The summed E-state index contributed by atoms with van der Waals surface area (Å²) in [7, 11) is 0. The van der Waals surface area contributed by atoms with Gasteiger partial charge >= 0.3 is 5.97 Å². The Kier molecular flexibility index (Phi) is 5.16. The average molecular weight is 394 g/mol. The number of fused-ring (bicyclic) bond motifs is 1. The Bertz CT molecular complexity index is 881. The number of ether oxygens (including phenoxy) is 5. The number of carbonyl (C=O) groups excluding carboxylic acids is 1. The predicted octanol–water partition coefficient (Wildman–Crippen LogP) is 3.46. The van der Waals surface area contributed by atoms with E-state index < -0.39 is 24.8 Å². The van der Waals surface area contributed by atoms with Crippen LogP contribution in [0.25, 0.3) is 0 Å². The van der Waals surface area contributed by atoms with Gasteiger partial charge in [-0.1, -0.05) is 60.7 Å². The van der Waals surface area contributed by atoms with E-state index in [1.807, 2.05) is 66.7 Å². The van der Waals surface area contributed by atoms with E-state index in [1.54, 1.807) is 0 Å². The first-order valence-corrected chi connectivity index (χ1v) is 9.83. The molecule has 0 aromatic heterocycles. The van der Waals surface area contributed by atoms with Crippen molar-refractivity contribution >= 4 is 5.97 Å². The van der Waals surface area contributed by atoms with Gasteiger partial charge in [0.1, 0.15) is 18.3 Å². The maximum absolute atomic E-state index is 12.0. The lowest BCUT2D eigenvalue weighted by molar-refractivity contribution is -0.356. The number of hydrogen-bond acceptors (Lipinski definition) is 6. The molecular formula is C23H22O6. The monoisotopic (exact) mass is 394 g/mol. The minimum Gasteiger partial charge on any atom is -0.462 e. The summed E-state index contributed by atoms with van der Waals surface area (Å²) >= 11 is 0. The van der Waals surface area contributed by atoms with Crippen LogP contribution in [-0.2, 0) is 28.5 Å². The van der Waals surface area contributed by atoms with E-state index in [0.717, 1.165) is 11.1 Å². The summed E-state index contributed by atoms with van der Waals surface area (Å²) in [5.74, 6) is -0.292. The Morgan fingerprint density at radius 3 is 2.17 bits per heavy atom. The van der Waals surface area contributed by atoms with Crippen molar-refractivity contribution in [1.29, 1.82) is 0 Å². The van der Waals surface area contributed by atoms with Crippen molar-refractivity contribution in [3.8, 4) is 0 Å². The summed E-state index contributed by atoms with van der Waals surface area (Å²) in [4.78, 5) is 12.0. The third kappa shape index (κ3) is 3.84. The zero-order valence-corrected chi connectivity index (χ0v) is 15.8. The zero-order valence-electron chi connectivity index (χ0n) is 15.8. The fourth-order valence-corrected chi connectivity index (χ4v) is 3.85. The summed E-state index contributed by atoms with van der Waals surface area (Å²) in [6.45, 7) is 0.780. The molecule has 5 rings (SSSR count). The molecule has 6 heteroatoms. The molecule has 0 amide bonds. The highest BCUT2D eigenvalue weighted by atomic mass is 16.8. The van der Waals surface area contributed by atoms with Gasteiger partial charge in [0.15, 0.2) is 12.6 Å². The molecule has 0 saturated carbocycles. The standard InChI is InChI=1S/C23H22O6/c24-21-17(11-12-25-21)13-18-20-19(28-23(27-18)16-9-5-2-6-10-16)14-26-22(29-20)15-7-3-1-4-8-15/h1-10,13,18-20,22-23H,11-12,14H2/b17-13+/t18-,19+,20-,22+,23-/m0/s1. The Morgan fingerprint density at radius 2 is 1.52 bits per heavy atom. The Balaban J connectivity index is 1.43. The summed E-state index contributed by atoms with van der Waals surface area (Å²) in [6.07, 6.45) is 0.189. The molecule has 3 fully saturated rings. The van der Waals surface area contributed by atoms with Crippen LogP contribution < -0.4 is 0 Å². The minimum absolute atomic E-state index is 0.292. The van der Waals surface area contributed by atoms with Gasteiger partial charge in [-0.05, 0) is 6.08 Å². The van der Waals surface area contributed by atoms with Crippen molar-refractivity contribution < 1.29 is 28.5 Å². The number of esters is 1. The number of carbonyl (C=O) groups is 1. The molecule has 0 spiro atoms. The summed E-state index contributed by atoms with van der Waals surface area (Å²) in [5, 5.41) is 0. The molecule has 2 aromatic rings. The Hall–Kier alpha value is -2.51. The van der Waals surface area contributed by atoms with E-state index in [4.69, 9.17) is 23.7 Å². The van der Waals surface area contributed by atoms with Crippen molar-refractivity contribution in [2.75, 3.05) is 13.2 Å². The van der Waals surface area contributed by atoms with Crippen LogP contribution in [0.2, 0.25) is 0 Å². The fraction of sp³-hybridized carbons (Fsp3) is 0.348. The van der Waals surface area contributed by atoms with Crippen LogP contribution in [0.15, 0.2) is 72.3 Å². The highest BCUT2D eigenvalue weighted by Gasteiger charge is 2.45. The maximum Gasteiger partial charge on any atom is 0.333 e. The smallest absolute Gasteiger partial charge is 0.333 e. The molecule has 3 aliphatic rings. The van der Waals surface area contributed by atoms with Crippen LogP contribution in [0, 0.1) is 0 Å². The van der Waals surface area contributed by atoms with Gasteiger partial charge in [-0.25, -0.2) is 4.79 Å². The van der Waals surface area contributed by atoms with E-state index in [9.17, 15) is 4.79 Å². The highest BCUT2D eigenvalue weighted by Crippen LogP contribution is 2.38. The van der Waals surface area contributed by atoms with E-state index in [0.29, 0.717) is 25.2 Å². The van der Waals surface area contributed by atoms with Crippen LogP contribution in [0.5, 0.6) is 0 Å². The summed E-state index contributed by atoms with van der Waals surface area (Å²) in [5.41, 5.74) is 2.46. The molecule has 6 nitrogen and oxygen atoms in total. The summed E-state index contributed by atoms with van der Waals surface area (Å²) in [6, 6.07) is 19.5. The molecule has 3 saturated heterocycles. The second-order valence-electron chi connectivity index (χ2n) is 7.27. The molecule has 0 bridgehead atoms. The fourth-order valence-electron chi connectivity index (χ4n) is 3.85. The van der Waals surface area contributed by atoms with Crippen LogP contribution in [-0.4, -0.2) is 37.5 Å². The zero-order chi connectivity index (χ0) is 19.6. The third-order valence-electron chi connectivity index (χ3n) is 5.34. The lowest BCUT2D eigenvalue weighted by atomic mass is 10.0. The van der Waals surface area contributed by atoms with Gasteiger partial charge in [0.25, 0.3) is 0 Å². The Morgan fingerprint density at radius 1 is 0.828 bits per heavy atom. The third-order valence-corrected chi connectivity index (χ3v) is 5.34. The highest BCUT2D eigenvalue weighted by molar-refractivity contribution is 5.90. The normalized spacial score (nSPS) is 33.3.